The second-order valence-electron chi connectivity index (χ2n) is 2.20. The molecule has 58 valence electrons. The summed E-state index contributed by atoms with van der Waals surface area (Å²) in [7, 11) is 0. The Morgan fingerprint density at radius 2 is 2.50 bits per heavy atom. The van der Waals surface area contributed by atoms with Gasteiger partial charge in [0, 0.05) is 6.54 Å². The van der Waals surface area contributed by atoms with Crippen molar-refractivity contribution in [3.8, 4) is 0 Å². The monoisotopic (exact) mass is 180 g/mol. The average Bonchev–Trinajstić information content (AvgIpc) is 2.33. The molecule has 0 aromatic heterocycles. The van der Waals surface area contributed by atoms with Crippen molar-refractivity contribution in [2.75, 3.05) is 19.0 Å². The van der Waals surface area contributed by atoms with Crippen molar-refractivity contribution in [3.05, 3.63) is 0 Å². The number of hydrogen-bond acceptors (Lipinski definition) is 2. The summed E-state index contributed by atoms with van der Waals surface area (Å²) in [6, 6.07) is 0. The molecule has 0 amide bonds. The summed E-state index contributed by atoms with van der Waals surface area (Å²) in [6.45, 7) is 3.67. The van der Waals surface area contributed by atoms with E-state index in [0.717, 1.165) is 18.9 Å². The van der Waals surface area contributed by atoms with E-state index in [2.05, 4.69) is 4.99 Å². The SMILES string of the molecule is CC(Cl)N1CCN=C1CCl. The molecule has 0 N–H and O–H groups in total. The van der Waals surface area contributed by atoms with Gasteiger partial charge in [-0.15, -0.1) is 11.6 Å². The molecule has 1 atom stereocenters. The fourth-order valence-electron chi connectivity index (χ4n) is 1.01. The first-order valence-electron chi connectivity index (χ1n) is 3.25. The lowest BCUT2D eigenvalue weighted by Crippen LogP contribution is -2.33. The highest BCUT2D eigenvalue weighted by atomic mass is 35.5. The molecule has 2 nitrogen and oxygen atoms in total. The van der Waals surface area contributed by atoms with Gasteiger partial charge in [0.25, 0.3) is 0 Å². The van der Waals surface area contributed by atoms with Crippen LogP contribution in [0.3, 0.4) is 0 Å². The summed E-state index contributed by atoms with van der Waals surface area (Å²) in [5.41, 5.74) is 0.0139. The summed E-state index contributed by atoms with van der Waals surface area (Å²) in [4.78, 5) is 6.19. The smallest absolute Gasteiger partial charge is 0.115 e. The Morgan fingerprint density at radius 3 is 2.90 bits per heavy atom. The maximum atomic E-state index is 5.84. The van der Waals surface area contributed by atoms with Gasteiger partial charge in [0.2, 0.25) is 0 Å². The first kappa shape index (κ1) is 8.15. The largest absolute Gasteiger partial charge is 0.341 e. The quantitative estimate of drug-likeness (QED) is 0.465. The van der Waals surface area contributed by atoms with Gasteiger partial charge in [-0.2, -0.15) is 0 Å². The van der Waals surface area contributed by atoms with Crippen LogP contribution in [0.25, 0.3) is 0 Å². The fourth-order valence-corrected chi connectivity index (χ4v) is 1.46. The predicted octanol–water partition coefficient (Wildman–Crippen LogP) is 1.52. The second-order valence-corrected chi connectivity index (χ2v) is 3.10. The Labute approximate surface area is 70.8 Å². The molecular weight excluding hydrogens is 171 g/mol. The van der Waals surface area contributed by atoms with Crippen LogP contribution in [-0.4, -0.2) is 35.2 Å². The highest BCUT2D eigenvalue weighted by Crippen LogP contribution is 2.10. The normalized spacial score (nSPS) is 21.1. The molecule has 1 rings (SSSR count). The lowest BCUT2D eigenvalue weighted by Gasteiger charge is -2.21. The van der Waals surface area contributed by atoms with Gasteiger partial charge in [0.1, 0.15) is 11.3 Å². The molecule has 1 aliphatic rings. The molecule has 0 aromatic rings. The van der Waals surface area contributed by atoms with Crippen LogP contribution < -0.4 is 0 Å². The Morgan fingerprint density at radius 1 is 1.80 bits per heavy atom. The van der Waals surface area contributed by atoms with Gasteiger partial charge < -0.3 is 4.90 Å². The van der Waals surface area contributed by atoms with Crippen LogP contribution in [0.15, 0.2) is 4.99 Å². The van der Waals surface area contributed by atoms with Crippen molar-refractivity contribution in [3.63, 3.8) is 0 Å². The molecule has 1 unspecified atom stereocenters. The van der Waals surface area contributed by atoms with E-state index < -0.39 is 0 Å². The lowest BCUT2D eigenvalue weighted by atomic mass is 10.5. The molecule has 0 aromatic carbocycles. The van der Waals surface area contributed by atoms with Gasteiger partial charge in [-0.05, 0) is 6.92 Å². The highest BCUT2D eigenvalue weighted by molar-refractivity contribution is 6.29. The first-order chi connectivity index (χ1) is 4.75. The van der Waals surface area contributed by atoms with Crippen molar-refractivity contribution in [2.24, 2.45) is 4.99 Å². The zero-order valence-corrected chi connectivity index (χ0v) is 7.36. The number of hydrogen-bond donors (Lipinski definition) is 0. The molecule has 0 fully saturated rings. The third kappa shape index (κ3) is 1.55. The summed E-state index contributed by atoms with van der Waals surface area (Å²) in [5, 5.41) is 0. The molecule has 0 aliphatic carbocycles. The van der Waals surface area contributed by atoms with E-state index in [-0.39, 0.29) is 5.50 Å². The number of aliphatic imine (C=N–C) groups is 1. The Balaban J connectivity index is 2.54. The Kier molecular flexibility index (Phi) is 2.81. The number of alkyl halides is 2. The standard InChI is InChI=1S/C6H10Cl2N2/c1-5(8)10-3-2-9-6(10)4-7/h5H,2-4H2,1H3. The maximum Gasteiger partial charge on any atom is 0.115 e. The number of halogens is 2. The van der Waals surface area contributed by atoms with E-state index in [0.29, 0.717) is 5.88 Å². The van der Waals surface area contributed by atoms with Crippen LogP contribution in [-0.2, 0) is 0 Å². The van der Waals surface area contributed by atoms with Crippen LogP contribution in [0.4, 0.5) is 0 Å². The molecule has 4 heteroatoms. The van der Waals surface area contributed by atoms with E-state index in [9.17, 15) is 0 Å². The maximum absolute atomic E-state index is 5.84. The minimum Gasteiger partial charge on any atom is -0.341 e. The van der Waals surface area contributed by atoms with E-state index in [4.69, 9.17) is 23.2 Å². The van der Waals surface area contributed by atoms with Crippen LogP contribution in [0.1, 0.15) is 6.92 Å². The van der Waals surface area contributed by atoms with Crippen LogP contribution >= 0.6 is 23.2 Å². The minimum atomic E-state index is 0.0139. The number of amidine groups is 1. The van der Waals surface area contributed by atoms with Crippen molar-refractivity contribution in [1.29, 1.82) is 0 Å². The van der Waals surface area contributed by atoms with E-state index in [1.807, 2.05) is 11.8 Å². The van der Waals surface area contributed by atoms with Gasteiger partial charge in [-0.25, -0.2) is 0 Å². The number of nitrogens with zero attached hydrogens (tertiary/aromatic N) is 2. The van der Waals surface area contributed by atoms with Gasteiger partial charge in [-0.1, -0.05) is 11.6 Å². The minimum absolute atomic E-state index is 0.0139. The van der Waals surface area contributed by atoms with Gasteiger partial charge in [0.05, 0.1) is 12.4 Å². The lowest BCUT2D eigenvalue weighted by molar-refractivity contribution is 0.443. The fraction of sp³-hybridized carbons (Fsp3) is 0.833. The van der Waals surface area contributed by atoms with Crippen molar-refractivity contribution in [1.82, 2.24) is 4.90 Å². The second kappa shape index (κ2) is 3.44. The summed E-state index contributed by atoms with van der Waals surface area (Å²) in [5.74, 6) is 1.39. The zero-order valence-electron chi connectivity index (χ0n) is 5.85. The molecule has 1 heterocycles. The molecule has 0 spiro atoms. The van der Waals surface area contributed by atoms with E-state index in [1.54, 1.807) is 0 Å². The van der Waals surface area contributed by atoms with Gasteiger partial charge >= 0.3 is 0 Å². The molecule has 10 heavy (non-hydrogen) atoms. The highest BCUT2D eigenvalue weighted by Gasteiger charge is 2.18. The molecule has 0 saturated carbocycles. The van der Waals surface area contributed by atoms with Crippen LogP contribution in [0.5, 0.6) is 0 Å². The Bertz CT molecular complexity index is 145. The van der Waals surface area contributed by atoms with Gasteiger partial charge in [0.15, 0.2) is 0 Å². The van der Waals surface area contributed by atoms with Crippen molar-refractivity contribution < 1.29 is 0 Å². The average molecular weight is 181 g/mol. The predicted molar refractivity (Wildman–Crippen MR) is 45.0 cm³/mol. The third-order valence-electron chi connectivity index (χ3n) is 1.52. The van der Waals surface area contributed by atoms with Crippen LogP contribution in [0.2, 0.25) is 0 Å². The summed E-state index contributed by atoms with van der Waals surface area (Å²) in [6.07, 6.45) is 0. The Hall–Kier alpha value is 0.0500. The molecule has 1 aliphatic heterocycles. The van der Waals surface area contributed by atoms with Crippen molar-refractivity contribution >= 4 is 29.0 Å². The molecule has 0 saturated heterocycles. The van der Waals surface area contributed by atoms with Crippen LogP contribution in [0, 0.1) is 0 Å². The third-order valence-corrected chi connectivity index (χ3v) is 1.99. The molecular formula is C6H10Cl2N2. The van der Waals surface area contributed by atoms with Gasteiger partial charge in [-0.3, -0.25) is 4.99 Å². The van der Waals surface area contributed by atoms with E-state index >= 15 is 0 Å². The van der Waals surface area contributed by atoms with Crippen molar-refractivity contribution in [2.45, 2.75) is 12.4 Å². The summed E-state index contributed by atoms with van der Waals surface area (Å²) >= 11 is 11.5. The zero-order chi connectivity index (χ0) is 7.56. The molecule has 0 bridgehead atoms. The van der Waals surface area contributed by atoms with E-state index in [1.165, 1.54) is 0 Å². The summed E-state index contributed by atoms with van der Waals surface area (Å²) < 4.78 is 0. The molecule has 0 radical (unpaired) electrons. The number of rotatable bonds is 2. The first-order valence-corrected chi connectivity index (χ1v) is 4.23. The topological polar surface area (TPSA) is 15.6 Å².